The van der Waals surface area contributed by atoms with Crippen LogP contribution in [0.5, 0.6) is 0 Å². The van der Waals surface area contributed by atoms with Crippen LogP contribution in [-0.4, -0.2) is 52.8 Å². The highest BCUT2D eigenvalue weighted by atomic mass is 16.8. The maximum Gasteiger partial charge on any atom is 0.511 e. The number of hydrogen-bond acceptors (Lipinski definition) is 7. The van der Waals surface area contributed by atoms with Crippen LogP contribution in [0.3, 0.4) is 0 Å². The smallest absolute Gasteiger partial charge is 0.511 e. The summed E-state index contributed by atoms with van der Waals surface area (Å²) in [6, 6.07) is 0. The fraction of sp³-hybridized carbons (Fsp3) is 0.909. The van der Waals surface area contributed by atoms with E-state index in [0.29, 0.717) is 30.9 Å². The lowest BCUT2D eigenvalue weighted by Gasteiger charge is -2.25. The molecule has 0 radical (unpaired) electrons. The minimum Gasteiger partial charge on any atom is -0.569 e. The summed E-state index contributed by atoms with van der Waals surface area (Å²) in [5.74, 6) is 0. The second-order valence-electron chi connectivity index (χ2n) is 4.73. The molecule has 20 heavy (non-hydrogen) atoms. The van der Waals surface area contributed by atoms with Gasteiger partial charge in [-0.1, -0.05) is 0 Å². The van der Waals surface area contributed by atoms with Crippen molar-refractivity contribution in [3.63, 3.8) is 0 Å². The predicted octanol–water partition coefficient (Wildman–Crippen LogP) is 1.16. The van der Waals surface area contributed by atoms with E-state index in [-0.39, 0.29) is 12.2 Å². The summed E-state index contributed by atoms with van der Waals surface area (Å²) in [6.07, 6.45) is -1.60. The Morgan fingerprint density at radius 3 is 2.50 bits per heavy atom. The third-order valence-corrected chi connectivity index (χ3v) is 2.54. The third kappa shape index (κ3) is 5.91. The molecule has 0 aromatic heterocycles. The van der Waals surface area contributed by atoms with E-state index in [1.807, 2.05) is 0 Å². The van der Waals surface area contributed by atoms with Crippen molar-refractivity contribution in [3.05, 3.63) is 5.21 Å². The van der Waals surface area contributed by atoms with Gasteiger partial charge in [0.05, 0.1) is 30.3 Å². The average Bonchev–Trinajstić information content (AvgIpc) is 2.35. The van der Waals surface area contributed by atoms with Crippen LogP contribution in [0.15, 0.2) is 5.28 Å². The largest absolute Gasteiger partial charge is 0.569 e. The molecule has 1 saturated heterocycles. The number of hydrazine groups is 1. The van der Waals surface area contributed by atoms with Crippen molar-refractivity contribution in [2.24, 2.45) is 5.28 Å². The molecule has 1 atom stereocenters. The zero-order valence-corrected chi connectivity index (χ0v) is 11.9. The van der Waals surface area contributed by atoms with E-state index in [1.54, 1.807) is 13.8 Å². The first kappa shape index (κ1) is 16.3. The van der Waals surface area contributed by atoms with E-state index in [1.165, 1.54) is 11.9 Å². The molecule has 1 aliphatic heterocycles. The molecule has 0 saturated carbocycles. The number of hydrogen-bond donors (Lipinski definition) is 1. The second-order valence-corrected chi connectivity index (χ2v) is 4.73. The highest BCUT2D eigenvalue weighted by Crippen LogP contribution is 2.10. The third-order valence-electron chi connectivity index (χ3n) is 2.54. The van der Waals surface area contributed by atoms with Gasteiger partial charge in [0.15, 0.2) is 0 Å². The highest BCUT2D eigenvalue weighted by molar-refractivity contribution is 5.60. The molecule has 1 fully saturated rings. The van der Waals surface area contributed by atoms with Gasteiger partial charge < -0.3 is 19.8 Å². The molecule has 0 amide bonds. The van der Waals surface area contributed by atoms with Crippen LogP contribution in [0.1, 0.15) is 33.6 Å². The Balaban J connectivity index is 2.32. The number of aliphatic hydroxyl groups excluding tert-OH is 1. The molecule has 1 heterocycles. The topological polar surface area (TPSA) is 107 Å². The number of rotatable bonds is 5. The molecule has 1 N–H and O–H groups in total. The zero-order chi connectivity index (χ0) is 15.1. The number of ether oxygens (including phenoxy) is 2. The molecule has 0 aliphatic carbocycles. The first-order valence-corrected chi connectivity index (χ1v) is 6.52. The summed E-state index contributed by atoms with van der Waals surface area (Å²) >= 11 is 0. The molecule has 0 aromatic carbocycles. The molecule has 0 aromatic rings. The van der Waals surface area contributed by atoms with Crippen LogP contribution in [0.2, 0.25) is 0 Å². The first-order valence-electron chi connectivity index (χ1n) is 6.52. The Kier molecular flexibility index (Phi) is 6.29. The molecule has 116 valence electrons. The van der Waals surface area contributed by atoms with Gasteiger partial charge in [-0.25, -0.2) is 4.79 Å². The Morgan fingerprint density at radius 2 is 1.95 bits per heavy atom. The van der Waals surface area contributed by atoms with Gasteiger partial charge in [0.1, 0.15) is 0 Å². The normalized spacial score (nSPS) is 18.9. The summed E-state index contributed by atoms with van der Waals surface area (Å²) in [4.78, 5) is 16.2. The number of piperidine rings is 1. The molecule has 1 rings (SSSR count). The van der Waals surface area contributed by atoms with E-state index in [9.17, 15) is 15.1 Å². The molecule has 0 spiro atoms. The van der Waals surface area contributed by atoms with Gasteiger partial charge in [0, 0.05) is 6.92 Å². The van der Waals surface area contributed by atoms with E-state index in [0.717, 1.165) is 0 Å². The summed E-state index contributed by atoms with van der Waals surface area (Å²) in [5.41, 5.74) is 0. The van der Waals surface area contributed by atoms with Crippen LogP contribution in [0, 0.1) is 5.21 Å². The van der Waals surface area contributed by atoms with Crippen LogP contribution in [-0.2, 0) is 14.3 Å². The molecular weight excluding hydrogens is 270 g/mol. The van der Waals surface area contributed by atoms with Gasteiger partial charge in [-0.3, -0.25) is 4.84 Å². The van der Waals surface area contributed by atoms with E-state index < -0.39 is 12.4 Å². The molecular formula is C11H21N3O6. The summed E-state index contributed by atoms with van der Waals surface area (Å²) < 4.78 is 9.46. The monoisotopic (exact) mass is 291 g/mol. The van der Waals surface area contributed by atoms with E-state index in [2.05, 4.69) is 5.28 Å². The fourth-order valence-corrected chi connectivity index (χ4v) is 1.56. The summed E-state index contributed by atoms with van der Waals surface area (Å²) in [5, 5.41) is 25.6. The Bertz CT molecular complexity index is 341. The van der Waals surface area contributed by atoms with Crippen molar-refractivity contribution >= 4 is 6.16 Å². The number of carbonyl (C=O) groups excluding carboxylic acids is 1. The zero-order valence-electron chi connectivity index (χ0n) is 11.9. The van der Waals surface area contributed by atoms with Crippen LogP contribution in [0.25, 0.3) is 0 Å². The minimum atomic E-state index is -1.03. The van der Waals surface area contributed by atoms with Gasteiger partial charge in [0.2, 0.25) is 5.28 Å². The summed E-state index contributed by atoms with van der Waals surface area (Å²) in [6.45, 7) is 5.56. The number of aliphatic hydroxyl groups is 1. The second kappa shape index (κ2) is 7.73. The highest BCUT2D eigenvalue weighted by Gasteiger charge is 2.23. The fourth-order valence-electron chi connectivity index (χ4n) is 1.56. The van der Waals surface area contributed by atoms with Crippen molar-refractivity contribution in [1.29, 1.82) is 0 Å². The van der Waals surface area contributed by atoms with Gasteiger partial charge >= 0.3 is 6.16 Å². The van der Waals surface area contributed by atoms with Crippen LogP contribution >= 0.6 is 0 Å². The Morgan fingerprint density at radius 1 is 1.35 bits per heavy atom. The van der Waals surface area contributed by atoms with Gasteiger partial charge in [-0.2, -0.15) is 0 Å². The lowest BCUT2D eigenvalue weighted by Crippen LogP contribution is -2.40. The number of nitrogens with zero attached hydrogens (tertiary/aromatic N) is 3. The average molecular weight is 291 g/mol. The quantitative estimate of drug-likeness (QED) is 0.266. The SMILES string of the molecule is CC(C)OC(=O)OC(C)ON=[N+]([O-])N1CCC(O)CC1. The minimum absolute atomic E-state index is 0.291. The van der Waals surface area contributed by atoms with Crippen LogP contribution < -0.4 is 0 Å². The van der Waals surface area contributed by atoms with Gasteiger partial charge in [0.25, 0.3) is 6.29 Å². The maximum absolute atomic E-state index is 11.6. The van der Waals surface area contributed by atoms with Crippen molar-refractivity contribution in [2.75, 3.05) is 13.1 Å². The molecule has 0 bridgehead atoms. The van der Waals surface area contributed by atoms with Gasteiger partial charge in [-0.05, 0) is 26.7 Å². The summed E-state index contributed by atoms with van der Waals surface area (Å²) in [7, 11) is 0. The van der Waals surface area contributed by atoms with Crippen molar-refractivity contribution in [2.45, 2.75) is 52.1 Å². The van der Waals surface area contributed by atoms with Gasteiger partial charge in [-0.15, -0.1) is 5.01 Å². The van der Waals surface area contributed by atoms with Crippen molar-refractivity contribution in [3.8, 4) is 0 Å². The molecule has 1 aliphatic rings. The number of carbonyl (C=O) groups is 1. The Labute approximate surface area is 117 Å². The standard InChI is InChI=1S/C11H21N3O6/c1-8(2)18-11(16)19-9(3)20-12-14(17)13-6-4-10(15)5-7-13/h8-10,15H,4-7H2,1-3H3. The lowest BCUT2D eigenvalue weighted by atomic mass is 10.1. The first-order chi connectivity index (χ1) is 9.38. The van der Waals surface area contributed by atoms with E-state index in [4.69, 9.17) is 14.3 Å². The maximum atomic E-state index is 11.6. The Hall–Kier alpha value is -1.77. The van der Waals surface area contributed by atoms with Crippen molar-refractivity contribution < 1.29 is 29.2 Å². The lowest BCUT2D eigenvalue weighted by molar-refractivity contribution is -0.715. The molecule has 1 unspecified atom stereocenters. The molecule has 9 heteroatoms. The van der Waals surface area contributed by atoms with Crippen LogP contribution in [0.4, 0.5) is 4.79 Å². The molecule has 9 nitrogen and oxygen atoms in total. The van der Waals surface area contributed by atoms with E-state index >= 15 is 0 Å². The van der Waals surface area contributed by atoms with Crippen molar-refractivity contribution in [1.82, 2.24) is 5.01 Å². The predicted molar refractivity (Wildman–Crippen MR) is 66.1 cm³/mol.